The zero-order valence-electron chi connectivity index (χ0n) is 9.24. The zero-order chi connectivity index (χ0) is 10.1. The molecule has 2 nitrogen and oxygen atoms in total. The SMILES string of the molecule is C1CCC(NC2=NC3CCCC3CS2)C1. The lowest BCUT2D eigenvalue weighted by atomic mass is 10.1. The topological polar surface area (TPSA) is 24.4 Å². The van der Waals surface area contributed by atoms with E-state index in [0.717, 1.165) is 12.0 Å². The van der Waals surface area contributed by atoms with Gasteiger partial charge in [-0.2, -0.15) is 0 Å². The summed E-state index contributed by atoms with van der Waals surface area (Å²) in [6.45, 7) is 0. The maximum absolute atomic E-state index is 4.88. The molecule has 1 N–H and O–H groups in total. The van der Waals surface area contributed by atoms with Crippen LogP contribution in [0.1, 0.15) is 44.9 Å². The van der Waals surface area contributed by atoms with Crippen LogP contribution in [0.4, 0.5) is 0 Å². The average molecular weight is 224 g/mol. The van der Waals surface area contributed by atoms with Crippen LogP contribution in [0.3, 0.4) is 0 Å². The van der Waals surface area contributed by atoms with E-state index in [1.54, 1.807) is 0 Å². The van der Waals surface area contributed by atoms with Gasteiger partial charge in [0, 0.05) is 11.8 Å². The van der Waals surface area contributed by atoms with E-state index in [-0.39, 0.29) is 0 Å². The van der Waals surface area contributed by atoms with Gasteiger partial charge in [0.1, 0.15) is 0 Å². The summed E-state index contributed by atoms with van der Waals surface area (Å²) in [5, 5.41) is 4.90. The number of amidine groups is 1. The minimum absolute atomic E-state index is 0.662. The molecule has 1 heterocycles. The third-order valence-corrected chi connectivity index (χ3v) is 5.11. The fraction of sp³-hybridized carbons (Fsp3) is 0.917. The van der Waals surface area contributed by atoms with Crippen molar-refractivity contribution in [2.24, 2.45) is 10.9 Å². The van der Waals surface area contributed by atoms with Crippen LogP contribution in [0, 0.1) is 5.92 Å². The van der Waals surface area contributed by atoms with Gasteiger partial charge in [-0.3, -0.25) is 4.99 Å². The highest BCUT2D eigenvalue weighted by molar-refractivity contribution is 8.13. The lowest BCUT2D eigenvalue weighted by molar-refractivity contribution is 0.528. The number of hydrogen-bond donors (Lipinski definition) is 1. The van der Waals surface area contributed by atoms with Crippen LogP contribution in [-0.4, -0.2) is 23.0 Å². The van der Waals surface area contributed by atoms with Gasteiger partial charge in [-0.25, -0.2) is 0 Å². The predicted molar refractivity (Wildman–Crippen MR) is 66.4 cm³/mol. The Morgan fingerprint density at radius 1 is 1.07 bits per heavy atom. The molecule has 3 aliphatic rings. The van der Waals surface area contributed by atoms with Gasteiger partial charge >= 0.3 is 0 Å². The number of thioether (sulfide) groups is 1. The molecule has 84 valence electrons. The Kier molecular flexibility index (Phi) is 2.91. The Hall–Kier alpha value is -0.180. The molecular formula is C12H20N2S. The maximum Gasteiger partial charge on any atom is 0.157 e. The summed E-state index contributed by atoms with van der Waals surface area (Å²) in [6.07, 6.45) is 9.67. The van der Waals surface area contributed by atoms with E-state index >= 15 is 0 Å². The molecule has 2 fully saturated rings. The first-order valence-electron chi connectivity index (χ1n) is 6.39. The number of nitrogens with zero attached hydrogens (tertiary/aromatic N) is 1. The molecule has 0 aromatic heterocycles. The van der Waals surface area contributed by atoms with Crippen molar-refractivity contribution in [2.75, 3.05) is 5.75 Å². The largest absolute Gasteiger partial charge is 0.362 e. The number of fused-ring (bicyclic) bond motifs is 1. The van der Waals surface area contributed by atoms with Crippen LogP contribution in [0.25, 0.3) is 0 Å². The summed E-state index contributed by atoms with van der Waals surface area (Å²) in [7, 11) is 0. The molecule has 3 rings (SSSR count). The van der Waals surface area contributed by atoms with Crippen molar-refractivity contribution < 1.29 is 0 Å². The fourth-order valence-corrected chi connectivity index (χ4v) is 4.30. The van der Waals surface area contributed by atoms with Gasteiger partial charge in [0.05, 0.1) is 6.04 Å². The second-order valence-electron chi connectivity index (χ2n) is 5.13. The Bertz CT molecular complexity index is 258. The summed E-state index contributed by atoms with van der Waals surface area (Å²) in [5.74, 6) is 2.20. The summed E-state index contributed by atoms with van der Waals surface area (Å²) >= 11 is 1.97. The molecule has 0 bridgehead atoms. The summed E-state index contributed by atoms with van der Waals surface area (Å²) in [5.41, 5.74) is 0. The van der Waals surface area contributed by atoms with Crippen molar-refractivity contribution in [1.82, 2.24) is 5.32 Å². The first kappa shape index (κ1) is 10.0. The molecule has 2 unspecified atom stereocenters. The molecule has 2 aliphatic carbocycles. The highest BCUT2D eigenvalue weighted by Gasteiger charge is 2.31. The minimum atomic E-state index is 0.662. The molecular weight excluding hydrogens is 204 g/mol. The number of rotatable bonds is 1. The Labute approximate surface area is 96.3 Å². The third kappa shape index (κ3) is 2.17. The van der Waals surface area contributed by atoms with Gasteiger partial charge in [0.15, 0.2) is 5.17 Å². The molecule has 0 aromatic carbocycles. The molecule has 0 aromatic rings. The van der Waals surface area contributed by atoms with Crippen molar-refractivity contribution in [1.29, 1.82) is 0 Å². The highest BCUT2D eigenvalue weighted by Crippen LogP contribution is 2.35. The van der Waals surface area contributed by atoms with Gasteiger partial charge in [0.25, 0.3) is 0 Å². The Morgan fingerprint density at radius 2 is 1.93 bits per heavy atom. The normalized spacial score (nSPS) is 36.4. The summed E-state index contributed by atoms with van der Waals surface area (Å²) < 4.78 is 0. The maximum atomic E-state index is 4.88. The van der Waals surface area contributed by atoms with Crippen LogP contribution in [0.5, 0.6) is 0 Å². The van der Waals surface area contributed by atoms with Gasteiger partial charge in [-0.15, -0.1) is 0 Å². The molecule has 0 amide bonds. The van der Waals surface area contributed by atoms with Crippen LogP contribution in [-0.2, 0) is 0 Å². The average Bonchev–Trinajstić information content (AvgIpc) is 2.87. The molecule has 0 saturated heterocycles. The van der Waals surface area contributed by atoms with Crippen LogP contribution in [0.15, 0.2) is 4.99 Å². The fourth-order valence-electron chi connectivity index (χ4n) is 3.08. The minimum Gasteiger partial charge on any atom is -0.362 e. The van der Waals surface area contributed by atoms with Crippen LogP contribution >= 0.6 is 11.8 Å². The number of aliphatic imine (C=N–C) groups is 1. The van der Waals surface area contributed by atoms with Crippen molar-refractivity contribution in [2.45, 2.75) is 57.0 Å². The van der Waals surface area contributed by atoms with Gasteiger partial charge in [0.2, 0.25) is 0 Å². The lowest BCUT2D eigenvalue weighted by Crippen LogP contribution is -2.35. The standard InChI is InChI=1S/C12H20N2S/c1-2-6-10(5-1)13-12-14-11-7-3-4-9(11)8-15-12/h9-11H,1-8H2,(H,13,14). The second kappa shape index (κ2) is 4.36. The van der Waals surface area contributed by atoms with E-state index in [1.165, 1.54) is 55.9 Å². The van der Waals surface area contributed by atoms with Crippen molar-refractivity contribution in [3.05, 3.63) is 0 Å². The third-order valence-electron chi connectivity index (χ3n) is 4.02. The molecule has 0 spiro atoms. The molecule has 2 saturated carbocycles. The van der Waals surface area contributed by atoms with E-state index in [4.69, 9.17) is 4.99 Å². The Balaban J connectivity index is 1.61. The summed E-state index contributed by atoms with van der Waals surface area (Å²) in [4.78, 5) is 4.88. The van der Waals surface area contributed by atoms with E-state index < -0.39 is 0 Å². The molecule has 3 heteroatoms. The lowest BCUT2D eigenvalue weighted by Gasteiger charge is -2.25. The van der Waals surface area contributed by atoms with E-state index in [2.05, 4.69) is 5.32 Å². The van der Waals surface area contributed by atoms with Gasteiger partial charge < -0.3 is 5.32 Å². The van der Waals surface area contributed by atoms with Crippen molar-refractivity contribution >= 4 is 16.9 Å². The monoisotopic (exact) mass is 224 g/mol. The van der Waals surface area contributed by atoms with E-state index in [9.17, 15) is 0 Å². The quantitative estimate of drug-likeness (QED) is 0.740. The van der Waals surface area contributed by atoms with Gasteiger partial charge in [-0.1, -0.05) is 31.0 Å². The molecule has 0 radical (unpaired) electrons. The van der Waals surface area contributed by atoms with Crippen molar-refractivity contribution in [3.63, 3.8) is 0 Å². The number of hydrogen-bond acceptors (Lipinski definition) is 3. The molecule has 1 aliphatic heterocycles. The highest BCUT2D eigenvalue weighted by atomic mass is 32.2. The van der Waals surface area contributed by atoms with Crippen LogP contribution < -0.4 is 5.32 Å². The van der Waals surface area contributed by atoms with E-state index in [1.807, 2.05) is 11.8 Å². The molecule has 15 heavy (non-hydrogen) atoms. The zero-order valence-corrected chi connectivity index (χ0v) is 10.1. The summed E-state index contributed by atoms with van der Waals surface area (Å²) in [6, 6.07) is 1.39. The second-order valence-corrected chi connectivity index (χ2v) is 6.14. The predicted octanol–water partition coefficient (Wildman–Crippen LogP) is 2.79. The van der Waals surface area contributed by atoms with Crippen LogP contribution in [0.2, 0.25) is 0 Å². The first-order chi connectivity index (χ1) is 7.42. The van der Waals surface area contributed by atoms with E-state index in [0.29, 0.717) is 6.04 Å². The first-order valence-corrected chi connectivity index (χ1v) is 7.37. The molecule has 2 atom stereocenters. The Morgan fingerprint density at radius 3 is 2.80 bits per heavy atom. The number of nitrogens with one attached hydrogen (secondary N) is 1. The van der Waals surface area contributed by atoms with Crippen molar-refractivity contribution in [3.8, 4) is 0 Å². The van der Waals surface area contributed by atoms with Gasteiger partial charge in [-0.05, 0) is 31.6 Å². The smallest absolute Gasteiger partial charge is 0.157 e.